The fraction of sp³-hybridized carbons (Fsp3) is 0.250. The largest absolute Gasteiger partial charge is 0.490 e. The van der Waals surface area contributed by atoms with Gasteiger partial charge in [0.1, 0.15) is 6.61 Å². The zero-order chi connectivity index (χ0) is 26.5. The normalized spacial score (nSPS) is 15.0. The van der Waals surface area contributed by atoms with E-state index in [1.807, 2.05) is 44.2 Å². The second kappa shape index (κ2) is 11.5. The SMILES string of the molecule is C#CCOc1c(Cl)cc(/C=c2\sc3n(c2=O)[C@H](c2ccccc2)C(C(=O)OC)=C(CC)N=3)cc1OCC. The van der Waals surface area contributed by atoms with Crippen molar-refractivity contribution in [2.45, 2.75) is 26.3 Å². The van der Waals surface area contributed by atoms with Crippen LogP contribution in [0.1, 0.15) is 37.4 Å². The molecule has 0 aliphatic carbocycles. The summed E-state index contributed by atoms with van der Waals surface area (Å²) < 4.78 is 18.3. The summed E-state index contributed by atoms with van der Waals surface area (Å²) in [5.41, 5.74) is 2.09. The van der Waals surface area contributed by atoms with Crippen molar-refractivity contribution in [2.24, 2.45) is 4.99 Å². The Kier molecular flexibility index (Phi) is 8.17. The Balaban J connectivity index is 1.92. The van der Waals surface area contributed by atoms with Gasteiger partial charge < -0.3 is 14.2 Å². The highest BCUT2D eigenvalue weighted by atomic mass is 35.5. The average molecular weight is 537 g/mol. The molecule has 1 aliphatic heterocycles. The van der Waals surface area contributed by atoms with Crippen LogP contribution >= 0.6 is 22.9 Å². The van der Waals surface area contributed by atoms with Gasteiger partial charge in [0.2, 0.25) is 0 Å². The van der Waals surface area contributed by atoms with E-state index in [-0.39, 0.29) is 12.2 Å². The number of terminal acetylenes is 1. The van der Waals surface area contributed by atoms with Gasteiger partial charge in [-0.1, -0.05) is 66.1 Å². The highest BCUT2D eigenvalue weighted by Crippen LogP contribution is 2.37. The van der Waals surface area contributed by atoms with E-state index >= 15 is 0 Å². The van der Waals surface area contributed by atoms with Crippen molar-refractivity contribution in [3.05, 3.63) is 89.6 Å². The van der Waals surface area contributed by atoms with Crippen molar-refractivity contribution in [3.63, 3.8) is 0 Å². The Labute approximate surface area is 223 Å². The lowest BCUT2D eigenvalue weighted by atomic mass is 9.95. The third kappa shape index (κ3) is 5.19. The predicted octanol–water partition coefficient (Wildman–Crippen LogP) is 3.86. The van der Waals surface area contributed by atoms with Crippen LogP contribution in [0.3, 0.4) is 0 Å². The summed E-state index contributed by atoms with van der Waals surface area (Å²) in [6, 6.07) is 12.1. The number of allylic oxidation sites excluding steroid dienone is 1. The number of halogens is 1. The number of rotatable bonds is 8. The number of esters is 1. The molecule has 4 rings (SSSR count). The first-order chi connectivity index (χ1) is 17.9. The second-order valence-corrected chi connectivity index (χ2v) is 9.37. The van der Waals surface area contributed by atoms with Gasteiger partial charge >= 0.3 is 5.97 Å². The Morgan fingerprint density at radius 3 is 2.65 bits per heavy atom. The Morgan fingerprint density at radius 2 is 2.00 bits per heavy atom. The van der Waals surface area contributed by atoms with Crippen LogP contribution in [-0.2, 0) is 9.53 Å². The molecule has 9 heteroatoms. The molecule has 37 heavy (non-hydrogen) atoms. The molecular weight excluding hydrogens is 512 g/mol. The predicted molar refractivity (Wildman–Crippen MR) is 144 cm³/mol. The number of hydrogen-bond acceptors (Lipinski definition) is 7. The quantitative estimate of drug-likeness (QED) is 0.323. The highest BCUT2D eigenvalue weighted by molar-refractivity contribution is 7.07. The number of carbonyl (C=O) groups excluding carboxylic acids is 1. The van der Waals surface area contributed by atoms with Gasteiger partial charge in [-0.05, 0) is 42.7 Å². The van der Waals surface area contributed by atoms with Gasteiger partial charge in [0.25, 0.3) is 5.56 Å². The number of fused-ring (bicyclic) bond motifs is 1. The smallest absolute Gasteiger partial charge is 0.338 e. The number of methoxy groups -OCH3 is 1. The van der Waals surface area contributed by atoms with Gasteiger partial charge in [0, 0.05) is 0 Å². The second-order valence-electron chi connectivity index (χ2n) is 7.95. The molecular formula is C28H25ClN2O5S. The molecule has 2 aromatic carbocycles. The van der Waals surface area contributed by atoms with Crippen LogP contribution < -0.4 is 24.4 Å². The molecule has 0 radical (unpaired) electrons. The van der Waals surface area contributed by atoms with E-state index in [1.54, 1.807) is 22.8 Å². The third-order valence-corrected chi connectivity index (χ3v) is 6.96. The van der Waals surface area contributed by atoms with E-state index in [4.69, 9.17) is 32.2 Å². The minimum atomic E-state index is -0.663. The number of benzene rings is 2. The lowest BCUT2D eigenvalue weighted by Gasteiger charge is -2.25. The number of aromatic nitrogens is 1. The molecule has 0 fully saturated rings. The molecule has 1 aromatic heterocycles. The standard InChI is InChI=1S/C28H25ClN2O5S/c1-5-13-36-25-19(29)14-17(15-21(25)35-7-3)16-22-26(32)31-24(18-11-9-8-10-12-18)23(27(33)34-4)20(6-2)30-28(31)37-22/h1,8-12,14-16,24H,6-7,13H2,2-4H3/b22-16-/t24-/m1/s1. The van der Waals surface area contributed by atoms with E-state index < -0.39 is 12.0 Å². The lowest BCUT2D eigenvalue weighted by Crippen LogP contribution is -2.40. The monoisotopic (exact) mass is 536 g/mol. The zero-order valence-electron chi connectivity index (χ0n) is 20.6. The first kappa shape index (κ1) is 26.3. The number of nitrogens with zero attached hydrogens (tertiary/aromatic N) is 2. The Morgan fingerprint density at radius 1 is 1.24 bits per heavy atom. The number of thiazole rings is 1. The number of hydrogen-bond donors (Lipinski definition) is 0. The molecule has 3 aromatic rings. The fourth-order valence-corrected chi connectivity index (χ4v) is 5.45. The first-order valence-electron chi connectivity index (χ1n) is 11.6. The summed E-state index contributed by atoms with van der Waals surface area (Å²) in [4.78, 5) is 31.8. The van der Waals surface area contributed by atoms with E-state index in [2.05, 4.69) is 10.9 Å². The van der Waals surface area contributed by atoms with Crippen LogP contribution in [-0.4, -0.2) is 30.9 Å². The van der Waals surface area contributed by atoms with Crippen LogP contribution in [0.15, 0.2) is 63.5 Å². The van der Waals surface area contributed by atoms with Crippen molar-refractivity contribution >= 4 is 35.0 Å². The molecule has 0 unspecified atom stereocenters. The molecule has 0 bridgehead atoms. The maximum atomic E-state index is 13.8. The minimum absolute atomic E-state index is 0.0412. The van der Waals surface area contributed by atoms with Crippen molar-refractivity contribution < 1.29 is 19.0 Å². The van der Waals surface area contributed by atoms with E-state index in [9.17, 15) is 9.59 Å². The third-order valence-electron chi connectivity index (χ3n) is 5.69. The average Bonchev–Trinajstić information content (AvgIpc) is 3.21. The van der Waals surface area contributed by atoms with Crippen LogP contribution in [0.25, 0.3) is 6.08 Å². The van der Waals surface area contributed by atoms with Crippen LogP contribution in [0.4, 0.5) is 0 Å². The summed E-state index contributed by atoms with van der Waals surface area (Å²) >= 11 is 7.71. The first-order valence-corrected chi connectivity index (χ1v) is 12.8. The van der Waals surface area contributed by atoms with Crippen LogP contribution in [0, 0.1) is 12.3 Å². The van der Waals surface area contributed by atoms with Crippen molar-refractivity contribution in [1.29, 1.82) is 0 Å². The van der Waals surface area contributed by atoms with Crippen molar-refractivity contribution in [1.82, 2.24) is 4.57 Å². The topological polar surface area (TPSA) is 79.1 Å². The van der Waals surface area contributed by atoms with Gasteiger partial charge in [-0.2, -0.15) is 0 Å². The van der Waals surface area contributed by atoms with Crippen molar-refractivity contribution in [2.75, 3.05) is 20.3 Å². The molecule has 2 heterocycles. The minimum Gasteiger partial charge on any atom is -0.490 e. The lowest BCUT2D eigenvalue weighted by molar-refractivity contribution is -0.136. The van der Waals surface area contributed by atoms with E-state index in [0.29, 0.717) is 55.7 Å². The molecule has 0 saturated heterocycles. The maximum absolute atomic E-state index is 13.8. The Hall–Kier alpha value is -3.80. The molecule has 1 aliphatic rings. The molecule has 0 spiro atoms. The van der Waals surface area contributed by atoms with Crippen LogP contribution in [0.2, 0.25) is 5.02 Å². The zero-order valence-corrected chi connectivity index (χ0v) is 22.2. The van der Waals surface area contributed by atoms with E-state index in [0.717, 1.165) is 5.56 Å². The Bertz CT molecular complexity index is 1580. The molecule has 0 N–H and O–H groups in total. The van der Waals surface area contributed by atoms with Gasteiger partial charge in [0.15, 0.2) is 16.3 Å². The summed E-state index contributed by atoms with van der Waals surface area (Å²) in [7, 11) is 1.33. The van der Waals surface area contributed by atoms with Crippen molar-refractivity contribution in [3.8, 4) is 23.8 Å². The summed E-state index contributed by atoms with van der Waals surface area (Å²) in [6.07, 6.45) is 7.54. The van der Waals surface area contributed by atoms with Gasteiger partial charge in [-0.15, -0.1) is 6.42 Å². The molecule has 190 valence electrons. The summed E-state index contributed by atoms with van der Waals surface area (Å²) in [6.45, 7) is 4.19. The van der Waals surface area contributed by atoms with Crippen LogP contribution in [0.5, 0.6) is 11.5 Å². The van der Waals surface area contributed by atoms with Gasteiger partial charge in [0.05, 0.1) is 40.6 Å². The number of ether oxygens (including phenoxy) is 3. The van der Waals surface area contributed by atoms with Gasteiger partial charge in [-0.3, -0.25) is 9.36 Å². The molecule has 1 atom stereocenters. The van der Waals surface area contributed by atoms with E-state index in [1.165, 1.54) is 18.4 Å². The number of carbonyl (C=O) groups is 1. The molecule has 0 amide bonds. The molecule has 0 saturated carbocycles. The summed E-state index contributed by atoms with van der Waals surface area (Å²) in [5.74, 6) is 2.67. The fourth-order valence-electron chi connectivity index (χ4n) is 4.15. The van der Waals surface area contributed by atoms with Gasteiger partial charge in [-0.25, -0.2) is 9.79 Å². The summed E-state index contributed by atoms with van der Waals surface area (Å²) in [5, 5.41) is 0.309. The maximum Gasteiger partial charge on any atom is 0.338 e. The highest BCUT2D eigenvalue weighted by Gasteiger charge is 2.33. The molecule has 7 nitrogen and oxygen atoms in total.